The van der Waals surface area contributed by atoms with Gasteiger partial charge in [0.15, 0.2) is 0 Å². The molecule has 0 atom stereocenters. The summed E-state index contributed by atoms with van der Waals surface area (Å²) in [4.78, 5) is 0. The maximum absolute atomic E-state index is 5.96. The molecule has 0 amide bonds. The molecule has 3 heteroatoms. The number of hydrogen-bond acceptors (Lipinski definition) is 1. The van der Waals surface area contributed by atoms with Crippen molar-refractivity contribution in [1.29, 1.82) is 0 Å². The Bertz CT molecular complexity index is 680. The van der Waals surface area contributed by atoms with Crippen molar-refractivity contribution < 1.29 is 17.1 Å². The van der Waals surface area contributed by atoms with E-state index >= 15 is 0 Å². The normalized spacial score (nSPS) is 11.6. The van der Waals surface area contributed by atoms with Gasteiger partial charge in [-0.3, -0.25) is 4.48 Å². The van der Waals surface area contributed by atoms with E-state index in [1.807, 2.05) is 30.3 Å². The zero-order chi connectivity index (χ0) is 19.2. The maximum atomic E-state index is 5.96. The molecule has 2 aromatic carbocycles. The third-order valence-electron chi connectivity index (χ3n) is 4.80. The Morgan fingerprint density at radius 2 is 1.44 bits per heavy atom. The van der Waals surface area contributed by atoms with Gasteiger partial charge in [0.1, 0.15) is 24.6 Å². The van der Waals surface area contributed by atoms with Crippen LogP contribution in [0.4, 0.5) is 5.69 Å². The number of quaternary nitrogens is 1. The molecule has 0 bridgehead atoms. The third kappa shape index (κ3) is 7.20. The van der Waals surface area contributed by atoms with Gasteiger partial charge < -0.3 is 17.1 Å². The van der Waals surface area contributed by atoms with Gasteiger partial charge in [-0.2, -0.15) is 0 Å². The molecule has 2 nitrogen and oxygen atoms in total. The summed E-state index contributed by atoms with van der Waals surface area (Å²) >= 11 is 0. The number of benzene rings is 2. The number of halogens is 1. The van der Waals surface area contributed by atoms with Crippen LogP contribution in [0.25, 0.3) is 0 Å². The average molecular weight is 390 g/mol. The van der Waals surface area contributed by atoms with E-state index in [1.165, 1.54) is 11.3 Å². The Labute approximate surface area is 172 Å². The molecule has 2 rings (SSSR count). The average Bonchev–Trinajstić information content (AvgIpc) is 2.56. The van der Waals surface area contributed by atoms with E-state index in [9.17, 15) is 0 Å². The molecular formula is C24H36ClNO. The first-order valence-corrected chi connectivity index (χ1v) is 9.91. The van der Waals surface area contributed by atoms with Crippen LogP contribution < -0.4 is 21.6 Å². The van der Waals surface area contributed by atoms with Crippen molar-refractivity contribution in [3.05, 3.63) is 59.7 Å². The second-order valence-corrected chi connectivity index (χ2v) is 8.68. The van der Waals surface area contributed by atoms with Crippen molar-refractivity contribution in [3.63, 3.8) is 0 Å². The molecule has 0 radical (unpaired) electrons. The highest BCUT2D eigenvalue weighted by atomic mass is 35.5. The SMILES string of the molecule is CC(C)Cc1cccc([N+](C)(C)CCOc2ccccc2)c1CC(C)C.[Cl-]. The molecule has 0 spiro atoms. The van der Waals surface area contributed by atoms with E-state index < -0.39 is 0 Å². The van der Waals surface area contributed by atoms with Gasteiger partial charge in [0.25, 0.3) is 0 Å². The Hall–Kier alpha value is -1.51. The minimum absolute atomic E-state index is 0. The second-order valence-electron chi connectivity index (χ2n) is 8.68. The van der Waals surface area contributed by atoms with Gasteiger partial charge >= 0.3 is 0 Å². The van der Waals surface area contributed by atoms with E-state index in [2.05, 4.69) is 60.0 Å². The second kappa shape index (κ2) is 10.7. The van der Waals surface area contributed by atoms with Crippen molar-refractivity contribution >= 4 is 5.69 Å². The van der Waals surface area contributed by atoms with E-state index in [0.29, 0.717) is 18.4 Å². The standard InChI is InChI=1S/C24H36NO.ClH/c1-19(2)17-21-11-10-14-24(23(21)18-20(3)4)25(5,6)15-16-26-22-12-8-7-9-13-22;/h7-14,19-20H,15-18H2,1-6H3;1H/q+1;/p-1. The van der Waals surface area contributed by atoms with Crippen LogP contribution in [-0.2, 0) is 12.8 Å². The van der Waals surface area contributed by atoms with E-state index in [0.717, 1.165) is 29.6 Å². The van der Waals surface area contributed by atoms with Crippen molar-refractivity contribution in [1.82, 2.24) is 4.48 Å². The quantitative estimate of drug-likeness (QED) is 0.599. The predicted molar refractivity (Wildman–Crippen MR) is 114 cm³/mol. The molecule has 0 aliphatic carbocycles. The number of ether oxygens (including phenoxy) is 1. The number of likely N-dealkylation sites (N-methyl/N-ethyl adjacent to an activating group) is 1. The minimum Gasteiger partial charge on any atom is -1.00 e. The molecule has 0 aliphatic rings. The fourth-order valence-corrected chi connectivity index (χ4v) is 3.49. The van der Waals surface area contributed by atoms with Gasteiger partial charge in [0.05, 0.1) is 14.1 Å². The van der Waals surface area contributed by atoms with Gasteiger partial charge in [0.2, 0.25) is 0 Å². The summed E-state index contributed by atoms with van der Waals surface area (Å²) in [7, 11) is 4.60. The molecule has 0 heterocycles. The molecular weight excluding hydrogens is 354 g/mol. The summed E-state index contributed by atoms with van der Waals surface area (Å²) in [5.74, 6) is 2.28. The van der Waals surface area contributed by atoms with E-state index in [4.69, 9.17) is 4.74 Å². The summed E-state index contributed by atoms with van der Waals surface area (Å²) in [6.45, 7) is 10.9. The van der Waals surface area contributed by atoms with Crippen molar-refractivity contribution in [2.75, 3.05) is 27.2 Å². The van der Waals surface area contributed by atoms with Crippen LogP contribution in [0.1, 0.15) is 38.8 Å². The summed E-state index contributed by atoms with van der Waals surface area (Å²) in [6, 6.07) is 17.0. The van der Waals surface area contributed by atoms with Crippen LogP contribution in [0.2, 0.25) is 0 Å². The molecule has 0 fully saturated rings. The van der Waals surface area contributed by atoms with Crippen molar-refractivity contribution in [2.24, 2.45) is 11.8 Å². The van der Waals surface area contributed by atoms with Gasteiger partial charge in [-0.15, -0.1) is 0 Å². The molecule has 2 aromatic rings. The minimum atomic E-state index is 0. The lowest BCUT2D eigenvalue weighted by Crippen LogP contribution is -3.00. The molecule has 0 N–H and O–H groups in total. The predicted octanol–water partition coefficient (Wildman–Crippen LogP) is 2.73. The van der Waals surface area contributed by atoms with Crippen LogP contribution in [0.3, 0.4) is 0 Å². The van der Waals surface area contributed by atoms with Crippen LogP contribution in [-0.4, -0.2) is 27.2 Å². The monoisotopic (exact) mass is 389 g/mol. The Morgan fingerprint density at radius 3 is 2.04 bits per heavy atom. The fourth-order valence-electron chi connectivity index (χ4n) is 3.49. The first-order chi connectivity index (χ1) is 12.3. The molecule has 0 saturated heterocycles. The van der Waals surface area contributed by atoms with Crippen LogP contribution in [0.5, 0.6) is 5.75 Å². The fraction of sp³-hybridized carbons (Fsp3) is 0.500. The third-order valence-corrected chi connectivity index (χ3v) is 4.80. The lowest BCUT2D eigenvalue weighted by molar-refractivity contribution is -0.00000665. The number of para-hydroxylation sites is 1. The highest BCUT2D eigenvalue weighted by Crippen LogP contribution is 2.31. The summed E-state index contributed by atoms with van der Waals surface area (Å²) in [6.07, 6.45) is 2.29. The first-order valence-electron chi connectivity index (χ1n) is 9.91. The summed E-state index contributed by atoms with van der Waals surface area (Å²) in [5, 5.41) is 0. The van der Waals surface area contributed by atoms with Gasteiger partial charge in [-0.25, -0.2) is 0 Å². The number of hydrogen-bond donors (Lipinski definition) is 0. The topological polar surface area (TPSA) is 9.23 Å². The lowest BCUT2D eigenvalue weighted by atomic mass is 9.90. The van der Waals surface area contributed by atoms with Crippen LogP contribution >= 0.6 is 0 Å². The first kappa shape index (κ1) is 23.5. The summed E-state index contributed by atoms with van der Waals surface area (Å²) < 4.78 is 6.81. The summed E-state index contributed by atoms with van der Waals surface area (Å²) in [5.41, 5.74) is 4.50. The molecule has 0 unspecified atom stereocenters. The molecule has 0 saturated carbocycles. The number of rotatable bonds is 9. The Kier molecular flexibility index (Phi) is 9.35. The Morgan fingerprint density at radius 1 is 0.815 bits per heavy atom. The highest BCUT2D eigenvalue weighted by molar-refractivity contribution is 5.54. The highest BCUT2D eigenvalue weighted by Gasteiger charge is 2.25. The zero-order valence-electron chi connectivity index (χ0n) is 17.8. The molecule has 0 aromatic heterocycles. The van der Waals surface area contributed by atoms with Crippen LogP contribution in [0, 0.1) is 11.8 Å². The lowest BCUT2D eigenvalue weighted by Gasteiger charge is -2.32. The molecule has 27 heavy (non-hydrogen) atoms. The van der Waals surface area contributed by atoms with Gasteiger partial charge in [0, 0.05) is 5.56 Å². The largest absolute Gasteiger partial charge is 1.00 e. The van der Waals surface area contributed by atoms with Crippen LogP contribution in [0.15, 0.2) is 48.5 Å². The van der Waals surface area contributed by atoms with E-state index in [1.54, 1.807) is 5.56 Å². The number of nitrogens with zero attached hydrogens (tertiary/aromatic N) is 1. The Balaban J connectivity index is 0.00000364. The van der Waals surface area contributed by atoms with Gasteiger partial charge in [-0.1, -0.05) is 58.0 Å². The van der Waals surface area contributed by atoms with Crippen molar-refractivity contribution in [2.45, 2.75) is 40.5 Å². The van der Waals surface area contributed by atoms with E-state index in [-0.39, 0.29) is 12.4 Å². The maximum Gasteiger partial charge on any atom is 0.137 e. The smallest absolute Gasteiger partial charge is 0.137 e. The molecule has 0 aliphatic heterocycles. The molecule has 150 valence electrons. The zero-order valence-corrected chi connectivity index (χ0v) is 18.6. The van der Waals surface area contributed by atoms with Crippen molar-refractivity contribution in [3.8, 4) is 5.75 Å². The van der Waals surface area contributed by atoms with Gasteiger partial charge in [-0.05, 0) is 48.4 Å².